The van der Waals surface area contributed by atoms with E-state index in [1.807, 2.05) is 24.3 Å². The Morgan fingerprint density at radius 2 is 1.83 bits per heavy atom. The number of aromatic hydroxyl groups is 1. The summed E-state index contributed by atoms with van der Waals surface area (Å²) in [5.74, 6) is -1.05. The van der Waals surface area contributed by atoms with E-state index in [-0.39, 0.29) is 11.3 Å². The molecule has 1 aliphatic rings. The predicted molar refractivity (Wildman–Crippen MR) is 91.8 cm³/mol. The maximum absolute atomic E-state index is 11.0. The van der Waals surface area contributed by atoms with E-state index in [2.05, 4.69) is 9.89 Å². The van der Waals surface area contributed by atoms with Crippen LogP contribution in [0.5, 0.6) is 5.75 Å². The number of carboxylic acids is 1. The van der Waals surface area contributed by atoms with Crippen molar-refractivity contribution < 1.29 is 19.7 Å². The zero-order valence-corrected chi connectivity index (χ0v) is 13.1. The maximum atomic E-state index is 11.0. The van der Waals surface area contributed by atoms with Gasteiger partial charge >= 0.3 is 5.97 Å². The summed E-state index contributed by atoms with van der Waals surface area (Å²) in [6.07, 6.45) is 1.46. The lowest BCUT2D eigenvalue weighted by atomic mass is 10.1. The van der Waals surface area contributed by atoms with Gasteiger partial charge in [-0.1, -0.05) is 0 Å². The number of rotatable bonds is 4. The van der Waals surface area contributed by atoms with Crippen LogP contribution < -0.4 is 4.90 Å². The van der Waals surface area contributed by atoms with E-state index in [1.54, 1.807) is 0 Å². The molecular formula is C18H18N2O4. The van der Waals surface area contributed by atoms with Gasteiger partial charge in [0.1, 0.15) is 5.75 Å². The summed E-state index contributed by atoms with van der Waals surface area (Å²) in [7, 11) is 0. The molecule has 0 aromatic heterocycles. The Balaban J connectivity index is 1.75. The van der Waals surface area contributed by atoms with Crippen molar-refractivity contribution in [3.05, 3.63) is 53.6 Å². The van der Waals surface area contributed by atoms with Gasteiger partial charge in [-0.2, -0.15) is 0 Å². The number of hydrogen-bond donors (Lipinski definition) is 2. The fourth-order valence-corrected chi connectivity index (χ4v) is 2.51. The third kappa shape index (κ3) is 3.72. The van der Waals surface area contributed by atoms with Gasteiger partial charge in [-0.25, -0.2) is 4.79 Å². The van der Waals surface area contributed by atoms with Crippen molar-refractivity contribution >= 4 is 23.6 Å². The quantitative estimate of drug-likeness (QED) is 0.844. The van der Waals surface area contributed by atoms with Crippen LogP contribution in [0, 0.1) is 0 Å². The highest BCUT2D eigenvalue weighted by atomic mass is 16.5. The first-order valence-corrected chi connectivity index (χ1v) is 7.66. The summed E-state index contributed by atoms with van der Waals surface area (Å²) in [4.78, 5) is 17.5. The summed E-state index contributed by atoms with van der Waals surface area (Å²) in [5.41, 5.74) is 2.32. The highest BCUT2D eigenvalue weighted by Crippen LogP contribution is 2.22. The molecule has 0 atom stereocenters. The molecule has 1 aliphatic heterocycles. The van der Waals surface area contributed by atoms with Crippen LogP contribution in [0.1, 0.15) is 15.9 Å². The molecule has 0 radical (unpaired) electrons. The van der Waals surface area contributed by atoms with Crippen molar-refractivity contribution in [1.29, 1.82) is 0 Å². The van der Waals surface area contributed by atoms with Gasteiger partial charge in [0, 0.05) is 30.6 Å². The molecule has 1 heterocycles. The lowest BCUT2D eigenvalue weighted by Gasteiger charge is -2.28. The van der Waals surface area contributed by atoms with Crippen molar-refractivity contribution in [2.45, 2.75) is 0 Å². The number of benzene rings is 2. The summed E-state index contributed by atoms with van der Waals surface area (Å²) < 4.78 is 5.34. The first kappa shape index (κ1) is 16.0. The Hall–Kier alpha value is -2.86. The number of hydrogen-bond acceptors (Lipinski definition) is 5. The highest BCUT2D eigenvalue weighted by molar-refractivity contribution is 5.93. The van der Waals surface area contributed by atoms with Gasteiger partial charge in [0.25, 0.3) is 0 Å². The minimum absolute atomic E-state index is 0.00585. The summed E-state index contributed by atoms with van der Waals surface area (Å²) in [6, 6.07) is 11.9. The number of aromatic carboxylic acids is 1. The van der Waals surface area contributed by atoms with Gasteiger partial charge in [-0.15, -0.1) is 0 Å². The van der Waals surface area contributed by atoms with Crippen molar-refractivity contribution in [3.63, 3.8) is 0 Å². The smallest absolute Gasteiger partial charge is 0.335 e. The second kappa shape index (κ2) is 7.14. The fraction of sp³-hybridized carbons (Fsp3) is 0.222. The van der Waals surface area contributed by atoms with Crippen molar-refractivity contribution in [3.8, 4) is 5.75 Å². The molecule has 2 aromatic carbocycles. The average Bonchev–Trinajstić information content (AvgIpc) is 2.62. The molecule has 0 saturated carbocycles. The number of ether oxygens (including phenoxy) is 1. The van der Waals surface area contributed by atoms with Gasteiger partial charge in [-0.3, -0.25) is 4.99 Å². The molecule has 0 aliphatic carbocycles. The lowest BCUT2D eigenvalue weighted by Crippen LogP contribution is -2.36. The Bertz CT molecular complexity index is 750. The van der Waals surface area contributed by atoms with E-state index in [0.717, 1.165) is 37.7 Å². The maximum Gasteiger partial charge on any atom is 0.335 e. The standard InChI is InChI=1S/C18H18N2O4/c21-17-6-1-13(18(22)23)11-14(17)12-19-15-2-4-16(5-3-15)20-7-9-24-10-8-20/h1-6,11-12,21H,7-10H2,(H,22,23). The number of anilines is 1. The van der Waals surface area contributed by atoms with E-state index in [9.17, 15) is 9.90 Å². The average molecular weight is 326 g/mol. The molecule has 0 bridgehead atoms. The predicted octanol–water partition coefficient (Wildman–Crippen LogP) is 2.68. The van der Waals surface area contributed by atoms with Crippen LogP contribution in [-0.2, 0) is 4.74 Å². The molecule has 6 heteroatoms. The molecule has 2 N–H and O–H groups in total. The van der Waals surface area contributed by atoms with Gasteiger partial charge in [-0.05, 0) is 42.5 Å². The highest BCUT2D eigenvalue weighted by Gasteiger charge is 2.10. The molecule has 3 rings (SSSR count). The first-order chi connectivity index (χ1) is 11.6. The third-order valence-corrected chi connectivity index (χ3v) is 3.85. The van der Waals surface area contributed by atoms with Crippen molar-refractivity contribution in [1.82, 2.24) is 0 Å². The number of nitrogens with zero attached hydrogens (tertiary/aromatic N) is 2. The molecule has 6 nitrogen and oxygen atoms in total. The summed E-state index contributed by atoms with van der Waals surface area (Å²) in [5, 5.41) is 18.8. The van der Waals surface area contributed by atoms with Crippen LogP contribution in [0.4, 0.5) is 11.4 Å². The molecule has 2 aromatic rings. The Labute approximate surface area is 139 Å². The van der Waals surface area contributed by atoms with Crippen LogP contribution in [0.3, 0.4) is 0 Å². The van der Waals surface area contributed by atoms with Crippen LogP contribution in [0.2, 0.25) is 0 Å². The van der Waals surface area contributed by atoms with Crippen LogP contribution in [0.25, 0.3) is 0 Å². The Kier molecular flexibility index (Phi) is 4.77. The van der Waals surface area contributed by atoms with Gasteiger partial charge in [0.2, 0.25) is 0 Å². The van der Waals surface area contributed by atoms with Crippen molar-refractivity contribution in [2.75, 3.05) is 31.2 Å². The summed E-state index contributed by atoms with van der Waals surface area (Å²) in [6.45, 7) is 3.22. The van der Waals surface area contributed by atoms with Gasteiger partial charge in [0.15, 0.2) is 0 Å². The number of carbonyl (C=O) groups is 1. The third-order valence-electron chi connectivity index (χ3n) is 3.85. The first-order valence-electron chi connectivity index (χ1n) is 7.66. The van der Waals surface area contributed by atoms with E-state index >= 15 is 0 Å². The van der Waals surface area contributed by atoms with E-state index in [0.29, 0.717) is 5.56 Å². The van der Waals surface area contributed by atoms with Gasteiger partial charge < -0.3 is 19.8 Å². The SMILES string of the molecule is O=C(O)c1ccc(O)c(C=Nc2ccc(N3CCOCC3)cc2)c1. The number of aliphatic imine (C=N–C) groups is 1. The molecule has 0 unspecified atom stereocenters. The molecule has 0 amide bonds. The van der Waals surface area contributed by atoms with Gasteiger partial charge in [0.05, 0.1) is 24.5 Å². The van der Waals surface area contributed by atoms with E-state index in [1.165, 1.54) is 24.4 Å². The van der Waals surface area contributed by atoms with E-state index in [4.69, 9.17) is 9.84 Å². The number of morpholine rings is 1. The fourth-order valence-electron chi connectivity index (χ4n) is 2.51. The van der Waals surface area contributed by atoms with E-state index < -0.39 is 5.97 Å². The van der Waals surface area contributed by atoms with Crippen LogP contribution >= 0.6 is 0 Å². The number of phenolic OH excluding ortho intramolecular Hbond substituents is 1. The molecule has 24 heavy (non-hydrogen) atoms. The Morgan fingerprint density at radius 1 is 1.12 bits per heavy atom. The normalized spacial score (nSPS) is 14.9. The number of carboxylic acid groups (broad SMARTS) is 1. The molecule has 0 spiro atoms. The largest absolute Gasteiger partial charge is 0.507 e. The minimum atomic E-state index is -1.04. The lowest BCUT2D eigenvalue weighted by molar-refractivity contribution is 0.0697. The molecule has 1 fully saturated rings. The molecule has 1 saturated heterocycles. The molecule has 124 valence electrons. The zero-order valence-electron chi connectivity index (χ0n) is 13.1. The summed E-state index contributed by atoms with van der Waals surface area (Å²) >= 11 is 0. The zero-order chi connectivity index (χ0) is 16.9. The second-order valence-corrected chi connectivity index (χ2v) is 5.45. The van der Waals surface area contributed by atoms with Crippen LogP contribution in [-0.4, -0.2) is 48.7 Å². The molecular weight excluding hydrogens is 308 g/mol. The monoisotopic (exact) mass is 326 g/mol. The second-order valence-electron chi connectivity index (χ2n) is 5.45. The van der Waals surface area contributed by atoms with Crippen molar-refractivity contribution in [2.24, 2.45) is 4.99 Å². The Morgan fingerprint density at radius 3 is 2.50 bits per heavy atom. The minimum Gasteiger partial charge on any atom is -0.507 e. The number of phenols is 1. The van der Waals surface area contributed by atoms with Crippen LogP contribution in [0.15, 0.2) is 47.5 Å². The topological polar surface area (TPSA) is 82.4 Å².